The third kappa shape index (κ3) is 2.46. The number of halogens is 2. The van der Waals surface area contributed by atoms with Crippen molar-refractivity contribution in [2.45, 2.75) is 13.0 Å². The van der Waals surface area contributed by atoms with Gasteiger partial charge < -0.3 is 10.3 Å². The molecule has 1 aliphatic heterocycles. The first kappa shape index (κ1) is 12.5. The number of aromatic amines is 1. The van der Waals surface area contributed by atoms with Gasteiger partial charge in [0, 0.05) is 18.3 Å². The number of hydrogen-bond donors (Lipinski definition) is 2. The molecule has 0 aliphatic carbocycles. The largest absolute Gasteiger partial charge is 0.329 e. The Labute approximate surface area is 88.8 Å². The molecule has 0 saturated carbocycles. The van der Waals surface area contributed by atoms with E-state index in [1.807, 2.05) is 6.07 Å². The van der Waals surface area contributed by atoms with E-state index in [0.29, 0.717) is 0 Å². The van der Waals surface area contributed by atoms with Gasteiger partial charge in [-0.05, 0) is 24.6 Å². The molecular formula is C8H12Cl2N2O. The maximum atomic E-state index is 11.2. The summed E-state index contributed by atoms with van der Waals surface area (Å²) < 4.78 is 0. The molecule has 0 saturated heterocycles. The molecule has 74 valence electrons. The molecule has 2 heterocycles. The molecule has 0 radical (unpaired) electrons. The molecule has 1 aromatic rings. The van der Waals surface area contributed by atoms with E-state index in [4.69, 9.17) is 0 Å². The number of hydrogen-bond acceptors (Lipinski definition) is 2. The van der Waals surface area contributed by atoms with Gasteiger partial charge in [0.15, 0.2) is 0 Å². The molecule has 0 atom stereocenters. The van der Waals surface area contributed by atoms with Crippen LogP contribution < -0.4 is 10.9 Å². The van der Waals surface area contributed by atoms with Crippen molar-refractivity contribution in [1.82, 2.24) is 10.3 Å². The van der Waals surface area contributed by atoms with E-state index in [2.05, 4.69) is 10.3 Å². The smallest absolute Gasteiger partial charge is 0.251 e. The summed E-state index contributed by atoms with van der Waals surface area (Å²) in [6.07, 6.45) is 2.56. The second kappa shape index (κ2) is 5.27. The predicted octanol–water partition coefficient (Wildman–Crippen LogP) is 0.864. The molecule has 0 amide bonds. The topological polar surface area (TPSA) is 44.9 Å². The van der Waals surface area contributed by atoms with Gasteiger partial charge in [0.25, 0.3) is 5.56 Å². The van der Waals surface area contributed by atoms with E-state index in [1.54, 1.807) is 6.20 Å². The highest BCUT2D eigenvalue weighted by molar-refractivity contribution is 5.85. The number of aromatic nitrogens is 1. The molecular weight excluding hydrogens is 211 g/mol. The van der Waals surface area contributed by atoms with Crippen molar-refractivity contribution in [1.29, 1.82) is 0 Å². The molecule has 3 nitrogen and oxygen atoms in total. The zero-order chi connectivity index (χ0) is 7.68. The van der Waals surface area contributed by atoms with Gasteiger partial charge in [-0.1, -0.05) is 0 Å². The van der Waals surface area contributed by atoms with Gasteiger partial charge in [0.1, 0.15) is 0 Å². The number of H-pyrrole nitrogens is 1. The molecule has 13 heavy (non-hydrogen) atoms. The summed E-state index contributed by atoms with van der Waals surface area (Å²) in [7, 11) is 0. The van der Waals surface area contributed by atoms with E-state index in [1.165, 1.54) is 0 Å². The monoisotopic (exact) mass is 222 g/mol. The molecule has 2 N–H and O–H groups in total. The molecule has 1 aliphatic rings. The number of nitrogens with one attached hydrogen (secondary N) is 2. The van der Waals surface area contributed by atoms with Crippen molar-refractivity contribution >= 4 is 24.8 Å². The first-order valence-electron chi connectivity index (χ1n) is 3.78. The Hall–Kier alpha value is -0.510. The van der Waals surface area contributed by atoms with E-state index < -0.39 is 0 Å². The van der Waals surface area contributed by atoms with Crippen LogP contribution in [0.25, 0.3) is 0 Å². The molecule has 0 fully saturated rings. The zero-order valence-electron chi connectivity index (χ0n) is 7.00. The molecule has 1 aromatic heterocycles. The maximum absolute atomic E-state index is 11.2. The molecule has 0 spiro atoms. The number of fused-ring (bicyclic) bond motifs is 1. The van der Waals surface area contributed by atoms with E-state index in [-0.39, 0.29) is 30.4 Å². The van der Waals surface area contributed by atoms with Crippen LogP contribution in [-0.4, -0.2) is 11.5 Å². The third-order valence-electron chi connectivity index (χ3n) is 2.03. The van der Waals surface area contributed by atoms with Gasteiger partial charge in [-0.15, -0.1) is 24.8 Å². The third-order valence-corrected chi connectivity index (χ3v) is 2.03. The fourth-order valence-electron chi connectivity index (χ4n) is 1.43. The Kier molecular flexibility index (Phi) is 5.06. The maximum Gasteiger partial charge on any atom is 0.251 e. The number of rotatable bonds is 0. The van der Waals surface area contributed by atoms with Crippen LogP contribution in [0.2, 0.25) is 0 Å². The molecule has 0 aromatic carbocycles. The number of pyridine rings is 1. The van der Waals surface area contributed by atoms with Crippen molar-refractivity contribution in [2.24, 2.45) is 0 Å². The van der Waals surface area contributed by atoms with Crippen LogP contribution in [0.3, 0.4) is 0 Å². The summed E-state index contributed by atoms with van der Waals surface area (Å²) in [6.45, 7) is 1.75. The Morgan fingerprint density at radius 2 is 2.08 bits per heavy atom. The summed E-state index contributed by atoms with van der Waals surface area (Å²) in [4.78, 5) is 13.9. The summed E-state index contributed by atoms with van der Waals surface area (Å²) in [5, 5.41) is 3.22. The van der Waals surface area contributed by atoms with Gasteiger partial charge in [0.2, 0.25) is 0 Å². The van der Waals surface area contributed by atoms with Crippen LogP contribution in [0.1, 0.15) is 11.1 Å². The molecule has 0 bridgehead atoms. The highest BCUT2D eigenvalue weighted by atomic mass is 35.5. The van der Waals surface area contributed by atoms with Crippen LogP contribution in [0.15, 0.2) is 17.1 Å². The molecule has 5 heteroatoms. The van der Waals surface area contributed by atoms with Gasteiger partial charge in [0.05, 0.1) is 0 Å². The van der Waals surface area contributed by atoms with Crippen molar-refractivity contribution in [3.05, 3.63) is 33.7 Å². The Bertz CT molecular complexity index is 324. The summed E-state index contributed by atoms with van der Waals surface area (Å²) in [6, 6.07) is 1.96. The predicted molar refractivity (Wildman–Crippen MR) is 57.0 cm³/mol. The van der Waals surface area contributed by atoms with Crippen molar-refractivity contribution < 1.29 is 0 Å². The highest BCUT2D eigenvalue weighted by Crippen LogP contribution is 2.06. The second-order valence-electron chi connectivity index (χ2n) is 2.74. The highest BCUT2D eigenvalue weighted by Gasteiger charge is 2.10. The Balaban J connectivity index is 0.000000720. The quantitative estimate of drug-likeness (QED) is 0.685. The Morgan fingerprint density at radius 1 is 1.31 bits per heavy atom. The summed E-state index contributed by atoms with van der Waals surface area (Å²) in [5.41, 5.74) is 2.16. The van der Waals surface area contributed by atoms with E-state index in [0.717, 1.165) is 30.6 Å². The van der Waals surface area contributed by atoms with Crippen LogP contribution in [0.5, 0.6) is 0 Å². The lowest BCUT2D eigenvalue weighted by Gasteiger charge is -2.14. The lowest BCUT2D eigenvalue weighted by molar-refractivity contribution is 0.637. The fraction of sp³-hybridized carbons (Fsp3) is 0.375. The lowest BCUT2D eigenvalue weighted by atomic mass is 10.0. The zero-order valence-corrected chi connectivity index (χ0v) is 8.63. The molecule has 2 rings (SSSR count). The van der Waals surface area contributed by atoms with Crippen LogP contribution in [0, 0.1) is 0 Å². The van der Waals surface area contributed by atoms with Gasteiger partial charge >= 0.3 is 0 Å². The normalized spacial score (nSPS) is 13.5. The lowest BCUT2D eigenvalue weighted by Crippen LogP contribution is -2.29. The minimum atomic E-state index is 0. The summed E-state index contributed by atoms with van der Waals surface area (Å²) >= 11 is 0. The second-order valence-corrected chi connectivity index (χ2v) is 2.74. The standard InChI is InChI=1S/C8H10N2O.2ClH/c11-8-7-2-3-9-5-6(7)1-4-10-8;;/h1,4,9H,2-3,5H2,(H,10,11);2*1H. The Morgan fingerprint density at radius 3 is 2.77 bits per heavy atom. The van der Waals surface area contributed by atoms with E-state index >= 15 is 0 Å². The first-order valence-corrected chi connectivity index (χ1v) is 3.78. The first-order chi connectivity index (χ1) is 5.38. The van der Waals surface area contributed by atoms with Crippen LogP contribution in [0.4, 0.5) is 0 Å². The average Bonchev–Trinajstić information content (AvgIpc) is 2.06. The van der Waals surface area contributed by atoms with Crippen molar-refractivity contribution in [3.8, 4) is 0 Å². The van der Waals surface area contributed by atoms with Crippen molar-refractivity contribution in [2.75, 3.05) is 6.54 Å². The van der Waals surface area contributed by atoms with Gasteiger partial charge in [-0.25, -0.2) is 0 Å². The molecule has 0 unspecified atom stereocenters. The van der Waals surface area contributed by atoms with Crippen LogP contribution in [-0.2, 0) is 13.0 Å². The van der Waals surface area contributed by atoms with E-state index in [9.17, 15) is 4.79 Å². The SMILES string of the molecule is Cl.Cl.O=c1[nH]ccc2c1CCNC2. The van der Waals surface area contributed by atoms with Crippen molar-refractivity contribution in [3.63, 3.8) is 0 Å². The van der Waals surface area contributed by atoms with Gasteiger partial charge in [-0.2, -0.15) is 0 Å². The minimum absolute atomic E-state index is 0. The summed E-state index contributed by atoms with van der Waals surface area (Å²) in [5.74, 6) is 0. The van der Waals surface area contributed by atoms with Crippen LogP contribution >= 0.6 is 24.8 Å². The average molecular weight is 223 g/mol. The van der Waals surface area contributed by atoms with Gasteiger partial charge in [-0.3, -0.25) is 4.79 Å². The fourth-order valence-corrected chi connectivity index (χ4v) is 1.43. The minimum Gasteiger partial charge on any atom is -0.329 e.